The van der Waals surface area contributed by atoms with Crippen LogP contribution in [-0.4, -0.2) is 38.2 Å². The summed E-state index contributed by atoms with van der Waals surface area (Å²) in [6.07, 6.45) is -5.66. The molecular formula is C21H21F3N4O5S. The highest BCUT2D eigenvalue weighted by Crippen LogP contribution is 2.39. The van der Waals surface area contributed by atoms with E-state index in [1.807, 2.05) is 4.72 Å². The quantitative estimate of drug-likeness (QED) is 0.542. The topological polar surface area (TPSA) is 147 Å². The van der Waals surface area contributed by atoms with Gasteiger partial charge >= 0.3 is 6.18 Å². The number of aliphatic carboxylic acids is 1. The van der Waals surface area contributed by atoms with Gasteiger partial charge in [-0.1, -0.05) is 30.3 Å². The first-order chi connectivity index (χ1) is 15.9. The minimum Gasteiger partial charge on any atom is -0.550 e. The van der Waals surface area contributed by atoms with Crippen molar-refractivity contribution in [3.63, 3.8) is 0 Å². The normalized spacial score (nSPS) is 17.2. The van der Waals surface area contributed by atoms with Crippen LogP contribution in [0.2, 0.25) is 0 Å². The molecule has 2 aromatic rings. The molecule has 0 spiro atoms. The van der Waals surface area contributed by atoms with Crippen molar-refractivity contribution in [3.05, 3.63) is 60.2 Å². The van der Waals surface area contributed by atoms with Crippen LogP contribution in [0.1, 0.15) is 30.9 Å². The van der Waals surface area contributed by atoms with Crippen LogP contribution >= 0.6 is 0 Å². The van der Waals surface area contributed by atoms with Crippen LogP contribution in [0.15, 0.2) is 64.6 Å². The molecule has 0 radical (unpaired) electrons. The highest BCUT2D eigenvalue weighted by Gasteiger charge is 2.43. The number of carboxylic acids is 1. The maximum absolute atomic E-state index is 13.3. The summed E-state index contributed by atoms with van der Waals surface area (Å²) >= 11 is 0. The second-order valence-electron chi connectivity index (χ2n) is 7.59. The summed E-state index contributed by atoms with van der Waals surface area (Å²) < 4.78 is 66.8. The number of nitrogens with one attached hydrogen (secondary N) is 1. The van der Waals surface area contributed by atoms with Gasteiger partial charge in [0.1, 0.15) is 5.71 Å². The van der Waals surface area contributed by atoms with Gasteiger partial charge in [0.05, 0.1) is 16.6 Å². The molecule has 0 aromatic heterocycles. The molecule has 1 aliphatic rings. The van der Waals surface area contributed by atoms with Gasteiger partial charge in [-0.2, -0.15) is 18.3 Å². The van der Waals surface area contributed by atoms with Gasteiger partial charge in [-0.05, 0) is 36.2 Å². The molecule has 1 amide bonds. The Morgan fingerprint density at radius 3 is 2.32 bits per heavy atom. The van der Waals surface area contributed by atoms with Gasteiger partial charge in [0, 0.05) is 18.8 Å². The molecule has 1 heterocycles. The fraction of sp³-hybridized carbons (Fsp3) is 0.286. The largest absolute Gasteiger partial charge is 0.550 e. The summed E-state index contributed by atoms with van der Waals surface area (Å²) in [5.41, 5.74) is 3.31. The second kappa shape index (κ2) is 9.81. The number of sulfonamides is 1. The lowest BCUT2D eigenvalue weighted by Gasteiger charge is -2.24. The van der Waals surface area contributed by atoms with Crippen LogP contribution in [0.25, 0.3) is 0 Å². The van der Waals surface area contributed by atoms with Crippen molar-refractivity contribution in [1.29, 1.82) is 0 Å². The van der Waals surface area contributed by atoms with Crippen molar-refractivity contribution in [2.75, 3.05) is 5.01 Å². The molecule has 1 aliphatic heterocycles. The number of carboxylic acid groups (broad SMARTS) is 1. The number of amides is 1. The number of benzene rings is 2. The Hall–Kier alpha value is -3.45. The number of nitrogens with zero attached hydrogens (tertiary/aromatic N) is 2. The number of carbonyl (C=O) groups excluding carboxylic acids is 2. The first kappa shape index (κ1) is 25.2. The molecule has 0 saturated carbocycles. The summed E-state index contributed by atoms with van der Waals surface area (Å²) in [7, 11) is -4.32. The number of alkyl halides is 3. The number of quaternary nitrogens is 1. The van der Waals surface area contributed by atoms with E-state index in [9.17, 15) is 36.3 Å². The number of carbonyl (C=O) groups is 2. The van der Waals surface area contributed by atoms with Crippen molar-refractivity contribution in [3.8, 4) is 0 Å². The highest BCUT2D eigenvalue weighted by molar-refractivity contribution is 7.90. The minimum absolute atomic E-state index is 0.210. The van der Waals surface area contributed by atoms with Gasteiger partial charge in [0.2, 0.25) is 0 Å². The molecule has 2 atom stereocenters. The molecule has 34 heavy (non-hydrogen) atoms. The molecule has 2 unspecified atom stereocenters. The van der Waals surface area contributed by atoms with E-state index in [2.05, 4.69) is 10.8 Å². The van der Waals surface area contributed by atoms with E-state index >= 15 is 0 Å². The first-order valence-electron chi connectivity index (χ1n) is 10.1. The zero-order valence-corrected chi connectivity index (χ0v) is 18.5. The SMILES string of the molecule is [NH3+]C(CCC(=O)[O-])C(=O)NS(=O)(=O)c1ccc(N2N=C(C(F)(F)F)CC2c2ccccc2)cc1. The fourth-order valence-corrected chi connectivity index (χ4v) is 4.37. The molecule has 3 rings (SSSR count). The van der Waals surface area contributed by atoms with Crippen LogP contribution in [0, 0.1) is 0 Å². The Labute approximate surface area is 193 Å². The molecular weight excluding hydrogens is 477 g/mol. The molecule has 0 fully saturated rings. The lowest BCUT2D eigenvalue weighted by atomic mass is 10.0. The average molecular weight is 498 g/mol. The van der Waals surface area contributed by atoms with Gasteiger partial charge in [-0.3, -0.25) is 9.80 Å². The third-order valence-electron chi connectivity index (χ3n) is 5.14. The third-order valence-corrected chi connectivity index (χ3v) is 6.50. The zero-order valence-electron chi connectivity index (χ0n) is 17.7. The molecule has 182 valence electrons. The van der Waals surface area contributed by atoms with Gasteiger partial charge in [-0.25, -0.2) is 13.1 Å². The number of rotatable bonds is 8. The molecule has 13 heteroatoms. The predicted octanol–water partition coefficient (Wildman–Crippen LogP) is 0.502. The number of hydrogen-bond donors (Lipinski definition) is 2. The Kier molecular flexibility index (Phi) is 7.26. The Balaban J connectivity index is 1.82. The van der Waals surface area contributed by atoms with Crippen molar-refractivity contribution in [2.45, 2.75) is 42.4 Å². The summed E-state index contributed by atoms with van der Waals surface area (Å²) in [5.74, 6) is -2.39. The van der Waals surface area contributed by atoms with Gasteiger partial charge in [0.25, 0.3) is 15.9 Å². The lowest BCUT2D eigenvalue weighted by Crippen LogP contribution is -2.68. The predicted molar refractivity (Wildman–Crippen MR) is 112 cm³/mol. The summed E-state index contributed by atoms with van der Waals surface area (Å²) in [5, 5.41) is 15.4. The number of hydrazone groups is 1. The maximum Gasteiger partial charge on any atom is 0.431 e. The standard InChI is InChI=1S/C21H21F3N4O5S/c22-21(23,24)18-12-17(13-4-2-1-3-5-13)28(26-18)14-6-8-15(9-7-14)34(32,33)27-20(31)16(25)10-11-19(29)30/h1-9,16-17H,10-12,25H2,(H,27,31)(H,29,30). The Bertz CT molecular complexity index is 1190. The Morgan fingerprint density at radius 1 is 1.15 bits per heavy atom. The smallest absolute Gasteiger partial charge is 0.431 e. The summed E-state index contributed by atoms with van der Waals surface area (Å²) in [6, 6.07) is 11.4. The lowest BCUT2D eigenvalue weighted by molar-refractivity contribution is -0.405. The van der Waals surface area contributed by atoms with E-state index in [-0.39, 0.29) is 23.4 Å². The molecule has 0 aliphatic carbocycles. The fourth-order valence-electron chi connectivity index (χ4n) is 3.33. The van der Waals surface area contributed by atoms with E-state index in [4.69, 9.17) is 0 Å². The number of hydrogen-bond acceptors (Lipinski definition) is 7. The number of halogens is 3. The van der Waals surface area contributed by atoms with Crippen LogP contribution in [0.4, 0.5) is 18.9 Å². The van der Waals surface area contributed by atoms with Crippen LogP contribution < -0.4 is 20.6 Å². The number of anilines is 1. The van der Waals surface area contributed by atoms with Gasteiger partial charge < -0.3 is 15.6 Å². The molecule has 0 saturated heterocycles. The highest BCUT2D eigenvalue weighted by atomic mass is 32.2. The van der Waals surface area contributed by atoms with E-state index < -0.39 is 52.3 Å². The van der Waals surface area contributed by atoms with Crippen molar-refractivity contribution >= 4 is 33.3 Å². The first-order valence-corrected chi connectivity index (χ1v) is 11.6. The molecule has 0 bridgehead atoms. The van der Waals surface area contributed by atoms with Crippen molar-refractivity contribution in [2.24, 2.45) is 5.10 Å². The van der Waals surface area contributed by atoms with Gasteiger partial charge in [-0.15, -0.1) is 0 Å². The third kappa shape index (κ3) is 5.91. The van der Waals surface area contributed by atoms with E-state index in [0.29, 0.717) is 5.56 Å². The van der Waals surface area contributed by atoms with Crippen LogP contribution in [-0.2, 0) is 19.6 Å². The molecule has 9 nitrogen and oxygen atoms in total. The Morgan fingerprint density at radius 2 is 1.76 bits per heavy atom. The van der Waals surface area contributed by atoms with Crippen molar-refractivity contribution < 1.29 is 42.0 Å². The summed E-state index contributed by atoms with van der Waals surface area (Å²) in [4.78, 5) is 22.2. The van der Waals surface area contributed by atoms with E-state index in [1.54, 1.807) is 30.3 Å². The van der Waals surface area contributed by atoms with Crippen LogP contribution in [0.3, 0.4) is 0 Å². The minimum atomic E-state index is -4.61. The summed E-state index contributed by atoms with van der Waals surface area (Å²) in [6.45, 7) is 0. The second-order valence-corrected chi connectivity index (χ2v) is 9.27. The van der Waals surface area contributed by atoms with Gasteiger partial charge in [0.15, 0.2) is 6.04 Å². The maximum atomic E-state index is 13.3. The van der Waals surface area contributed by atoms with E-state index in [0.717, 1.165) is 12.1 Å². The zero-order chi connectivity index (χ0) is 25.1. The molecule has 2 aromatic carbocycles. The average Bonchev–Trinajstić information content (AvgIpc) is 3.24. The molecule has 4 N–H and O–H groups in total. The van der Waals surface area contributed by atoms with E-state index in [1.165, 1.54) is 17.1 Å². The van der Waals surface area contributed by atoms with Crippen LogP contribution in [0.5, 0.6) is 0 Å². The van der Waals surface area contributed by atoms with Crippen molar-refractivity contribution in [1.82, 2.24) is 4.72 Å². The monoisotopic (exact) mass is 498 g/mol.